The summed E-state index contributed by atoms with van der Waals surface area (Å²) in [5, 5.41) is 4.93. The standard InChI is InChI=1S/C15H20N6O2S/c16-15-18-12(8-13(22)19-15)21-5-3-20(4-6-21)10-14(23)17-9-11-2-1-7-24-11/h1-2,7-8H,3-6,9-10H2,(H,17,23)(H3,16,18,19,22). The first kappa shape index (κ1) is 16.5. The molecule has 0 radical (unpaired) electrons. The molecule has 0 bridgehead atoms. The number of aromatic amines is 1. The summed E-state index contributed by atoms with van der Waals surface area (Å²) in [4.78, 5) is 35.3. The molecule has 3 rings (SSSR count). The first-order chi connectivity index (χ1) is 11.6. The van der Waals surface area contributed by atoms with E-state index in [-0.39, 0.29) is 17.4 Å². The number of carbonyl (C=O) groups is 1. The van der Waals surface area contributed by atoms with Crippen molar-refractivity contribution in [2.24, 2.45) is 0 Å². The second-order valence-corrected chi connectivity index (χ2v) is 6.64. The number of nitrogens with two attached hydrogens (primary N) is 1. The van der Waals surface area contributed by atoms with Crippen LogP contribution in [0.5, 0.6) is 0 Å². The molecule has 3 heterocycles. The number of carbonyl (C=O) groups excluding carboxylic acids is 1. The number of thiophene rings is 1. The molecule has 0 unspecified atom stereocenters. The molecule has 1 amide bonds. The Morgan fingerprint density at radius 1 is 1.38 bits per heavy atom. The SMILES string of the molecule is Nc1nc(N2CCN(CC(=O)NCc3cccs3)CC2)cc(=O)[nH]1. The highest BCUT2D eigenvalue weighted by molar-refractivity contribution is 7.09. The van der Waals surface area contributed by atoms with Crippen LogP contribution in [0.4, 0.5) is 11.8 Å². The second kappa shape index (κ2) is 7.45. The van der Waals surface area contributed by atoms with Crippen molar-refractivity contribution in [2.45, 2.75) is 6.54 Å². The van der Waals surface area contributed by atoms with Crippen molar-refractivity contribution in [3.63, 3.8) is 0 Å². The van der Waals surface area contributed by atoms with Gasteiger partial charge >= 0.3 is 0 Å². The first-order valence-electron chi connectivity index (χ1n) is 7.73. The average molecular weight is 348 g/mol. The van der Waals surface area contributed by atoms with Gasteiger partial charge in [-0.25, -0.2) is 0 Å². The quantitative estimate of drug-likeness (QED) is 0.694. The molecule has 4 N–H and O–H groups in total. The third-order valence-electron chi connectivity index (χ3n) is 3.85. The number of amides is 1. The van der Waals surface area contributed by atoms with Crippen LogP contribution < -0.4 is 21.5 Å². The summed E-state index contributed by atoms with van der Waals surface area (Å²) >= 11 is 1.63. The Morgan fingerprint density at radius 2 is 2.17 bits per heavy atom. The van der Waals surface area contributed by atoms with E-state index in [1.807, 2.05) is 22.4 Å². The zero-order valence-corrected chi connectivity index (χ0v) is 14.0. The van der Waals surface area contributed by atoms with Crippen molar-refractivity contribution in [3.05, 3.63) is 38.8 Å². The fourth-order valence-electron chi connectivity index (χ4n) is 2.62. The van der Waals surface area contributed by atoms with Gasteiger partial charge in [-0.3, -0.25) is 19.5 Å². The molecule has 2 aromatic heterocycles. The topological polar surface area (TPSA) is 107 Å². The molecule has 1 aliphatic rings. The summed E-state index contributed by atoms with van der Waals surface area (Å²) in [6.07, 6.45) is 0. The highest BCUT2D eigenvalue weighted by Gasteiger charge is 2.20. The normalized spacial score (nSPS) is 15.4. The lowest BCUT2D eigenvalue weighted by Gasteiger charge is -2.34. The Morgan fingerprint density at radius 3 is 2.83 bits per heavy atom. The van der Waals surface area contributed by atoms with E-state index in [4.69, 9.17) is 5.73 Å². The van der Waals surface area contributed by atoms with Gasteiger partial charge in [-0.15, -0.1) is 11.3 Å². The summed E-state index contributed by atoms with van der Waals surface area (Å²) in [5.41, 5.74) is 5.32. The highest BCUT2D eigenvalue weighted by Crippen LogP contribution is 2.12. The largest absolute Gasteiger partial charge is 0.369 e. The van der Waals surface area contributed by atoms with Gasteiger partial charge in [0.2, 0.25) is 11.9 Å². The molecule has 8 nitrogen and oxygen atoms in total. The van der Waals surface area contributed by atoms with Gasteiger partial charge in [-0.2, -0.15) is 4.98 Å². The van der Waals surface area contributed by atoms with Gasteiger partial charge in [0.05, 0.1) is 13.1 Å². The van der Waals surface area contributed by atoms with Crippen LogP contribution in [-0.4, -0.2) is 53.5 Å². The number of nitrogens with one attached hydrogen (secondary N) is 2. The van der Waals surface area contributed by atoms with Gasteiger partial charge in [0.1, 0.15) is 5.82 Å². The van der Waals surface area contributed by atoms with Gasteiger partial charge in [0.15, 0.2) is 0 Å². The molecule has 0 aromatic carbocycles. The van der Waals surface area contributed by atoms with Crippen LogP contribution in [0.2, 0.25) is 0 Å². The molecule has 0 aliphatic carbocycles. The summed E-state index contributed by atoms with van der Waals surface area (Å²) in [6.45, 7) is 3.83. The smallest absolute Gasteiger partial charge is 0.254 e. The molecule has 1 saturated heterocycles. The van der Waals surface area contributed by atoms with E-state index in [0.29, 0.717) is 32.0 Å². The molecule has 9 heteroatoms. The third-order valence-corrected chi connectivity index (χ3v) is 4.73. The van der Waals surface area contributed by atoms with Crippen LogP contribution in [0.15, 0.2) is 28.4 Å². The average Bonchev–Trinajstić information content (AvgIpc) is 3.06. The van der Waals surface area contributed by atoms with Crippen LogP contribution in [0, 0.1) is 0 Å². The van der Waals surface area contributed by atoms with Crippen molar-refractivity contribution < 1.29 is 4.79 Å². The molecular weight excluding hydrogens is 328 g/mol. The van der Waals surface area contributed by atoms with Gasteiger partial charge in [0, 0.05) is 37.1 Å². The van der Waals surface area contributed by atoms with Crippen molar-refractivity contribution in [3.8, 4) is 0 Å². The van der Waals surface area contributed by atoms with E-state index < -0.39 is 0 Å². The number of H-pyrrole nitrogens is 1. The van der Waals surface area contributed by atoms with Gasteiger partial charge in [0.25, 0.3) is 5.56 Å². The molecule has 1 aliphatic heterocycles. The number of anilines is 2. The lowest BCUT2D eigenvalue weighted by Crippen LogP contribution is -2.49. The summed E-state index contributed by atoms with van der Waals surface area (Å²) in [5.74, 6) is 0.723. The number of nitrogens with zero attached hydrogens (tertiary/aromatic N) is 3. The van der Waals surface area contributed by atoms with Crippen LogP contribution in [0.25, 0.3) is 0 Å². The molecule has 0 atom stereocenters. The highest BCUT2D eigenvalue weighted by atomic mass is 32.1. The minimum Gasteiger partial charge on any atom is -0.369 e. The summed E-state index contributed by atoms with van der Waals surface area (Å²) in [7, 11) is 0. The predicted octanol–water partition coefficient (Wildman–Crippen LogP) is -0.148. The van der Waals surface area contributed by atoms with Gasteiger partial charge in [-0.05, 0) is 11.4 Å². The fourth-order valence-corrected chi connectivity index (χ4v) is 3.26. The monoisotopic (exact) mass is 348 g/mol. The number of rotatable bonds is 5. The van der Waals surface area contributed by atoms with Crippen LogP contribution in [0.1, 0.15) is 4.88 Å². The second-order valence-electron chi connectivity index (χ2n) is 5.61. The molecule has 2 aromatic rings. The fraction of sp³-hybridized carbons (Fsp3) is 0.400. The van der Waals surface area contributed by atoms with Crippen molar-refractivity contribution in [2.75, 3.05) is 43.4 Å². The number of hydrogen-bond acceptors (Lipinski definition) is 7. The van der Waals surface area contributed by atoms with Crippen molar-refractivity contribution in [1.82, 2.24) is 20.2 Å². The molecule has 0 spiro atoms. The lowest BCUT2D eigenvalue weighted by atomic mass is 10.3. The minimum absolute atomic E-state index is 0.0235. The zero-order valence-electron chi connectivity index (χ0n) is 13.2. The number of aromatic nitrogens is 2. The summed E-state index contributed by atoms with van der Waals surface area (Å²) in [6, 6.07) is 5.42. The Labute approximate surface area is 143 Å². The van der Waals surface area contributed by atoms with E-state index in [1.165, 1.54) is 6.07 Å². The molecule has 24 heavy (non-hydrogen) atoms. The predicted molar refractivity (Wildman–Crippen MR) is 94.1 cm³/mol. The van der Waals surface area contributed by atoms with E-state index in [0.717, 1.165) is 18.0 Å². The maximum absolute atomic E-state index is 12.0. The third kappa shape index (κ3) is 4.33. The number of piperazine rings is 1. The van der Waals surface area contributed by atoms with E-state index in [2.05, 4.69) is 20.2 Å². The first-order valence-corrected chi connectivity index (χ1v) is 8.61. The Bertz CT molecular complexity index is 737. The number of hydrogen-bond donors (Lipinski definition) is 3. The maximum atomic E-state index is 12.0. The van der Waals surface area contributed by atoms with Crippen LogP contribution in [0.3, 0.4) is 0 Å². The molecular formula is C15H20N6O2S. The van der Waals surface area contributed by atoms with Gasteiger partial charge < -0.3 is 16.0 Å². The van der Waals surface area contributed by atoms with E-state index in [9.17, 15) is 9.59 Å². The molecule has 128 valence electrons. The number of nitrogen functional groups attached to an aromatic ring is 1. The van der Waals surface area contributed by atoms with E-state index in [1.54, 1.807) is 11.3 Å². The van der Waals surface area contributed by atoms with Gasteiger partial charge in [-0.1, -0.05) is 6.07 Å². The Hall–Kier alpha value is -2.39. The minimum atomic E-state index is -0.257. The molecule has 0 saturated carbocycles. The Balaban J connectivity index is 1.46. The maximum Gasteiger partial charge on any atom is 0.254 e. The van der Waals surface area contributed by atoms with Crippen molar-refractivity contribution in [1.29, 1.82) is 0 Å². The summed E-state index contributed by atoms with van der Waals surface area (Å²) < 4.78 is 0. The zero-order chi connectivity index (χ0) is 16.9. The Kier molecular flexibility index (Phi) is 5.11. The van der Waals surface area contributed by atoms with Crippen LogP contribution >= 0.6 is 11.3 Å². The van der Waals surface area contributed by atoms with E-state index >= 15 is 0 Å². The molecule has 1 fully saturated rings. The van der Waals surface area contributed by atoms with Crippen LogP contribution in [-0.2, 0) is 11.3 Å². The lowest BCUT2D eigenvalue weighted by molar-refractivity contribution is -0.122. The van der Waals surface area contributed by atoms with Crippen molar-refractivity contribution >= 4 is 29.0 Å².